The van der Waals surface area contributed by atoms with Crippen molar-refractivity contribution in [3.05, 3.63) is 98.7 Å². The van der Waals surface area contributed by atoms with Gasteiger partial charge in [-0.15, -0.1) is 0 Å². The van der Waals surface area contributed by atoms with E-state index >= 15 is 0 Å². The summed E-state index contributed by atoms with van der Waals surface area (Å²) >= 11 is 18.3. The molecule has 0 atom stereocenters. The number of halogens is 6. The normalized spacial score (nSPS) is 11.8. The van der Waals surface area contributed by atoms with E-state index in [2.05, 4.69) is 15.1 Å². The molecule has 5 rings (SSSR count). The van der Waals surface area contributed by atoms with Crippen molar-refractivity contribution >= 4 is 51.5 Å². The molecule has 12 heteroatoms. The molecule has 2 aromatic carbocycles. The lowest BCUT2D eigenvalue weighted by Gasteiger charge is -2.15. The Morgan fingerprint density at radius 3 is 2.36 bits per heavy atom. The van der Waals surface area contributed by atoms with Gasteiger partial charge < -0.3 is 9.09 Å². The SMILES string of the molecule is O=C(c1nc(-c2ccncc2)no1)c1c(C(F)(F)F)n(Cc2ccc(Cl)cc2Cl)c2ccc(Cl)cc12. The second kappa shape index (κ2) is 9.24. The zero-order valence-electron chi connectivity index (χ0n) is 17.9. The highest BCUT2D eigenvalue weighted by molar-refractivity contribution is 6.35. The number of nitrogens with zero attached hydrogens (tertiary/aromatic N) is 4. The maximum Gasteiger partial charge on any atom is 0.432 e. The van der Waals surface area contributed by atoms with Crippen LogP contribution < -0.4 is 0 Å². The number of benzene rings is 2. The van der Waals surface area contributed by atoms with Crippen LogP contribution in [0, 0.1) is 0 Å². The Bertz CT molecular complexity index is 1610. The Morgan fingerprint density at radius 1 is 0.972 bits per heavy atom. The fourth-order valence-electron chi connectivity index (χ4n) is 3.88. The van der Waals surface area contributed by atoms with Crippen LogP contribution in [0.15, 0.2) is 65.4 Å². The maximum absolute atomic E-state index is 14.5. The fraction of sp³-hybridized carbons (Fsp3) is 0.0833. The second-order valence-corrected chi connectivity index (χ2v) is 8.97. The monoisotopic (exact) mass is 550 g/mol. The molecule has 3 heterocycles. The van der Waals surface area contributed by atoms with Crippen LogP contribution in [0.1, 0.15) is 27.5 Å². The molecule has 0 N–H and O–H groups in total. The Hall–Kier alpha value is -3.40. The van der Waals surface area contributed by atoms with Gasteiger partial charge in [0, 0.05) is 50.5 Å². The Balaban J connectivity index is 1.71. The third-order valence-corrected chi connectivity index (χ3v) is 6.25. The number of alkyl halides is 3. The van der Waals surface area contributed by atoms with Gasteiger partial charge in [-0.3, -0.25) is 9.78 Å². The molecule has 3 aromatic heterocycles. The van der Waals surface area contributed by atoms with E-state index in [0.29, 0.717) is 16.1 Å². The van der Waals surface area contributed by atoms with E-state index in [1.165, 1.54) is 48.8 Å². The molecule has 0 unspecified atom stereocenters. The van der Waals surface area contributed by atoms with E-state index in [4.69, 9.17) is 39.3 Å². The molecule has 0 amide bonds. The Kier molecular flexibility index (Phi) is 6.23. The van der Waals surface area contributed by atoms with Gasteiger partial charge >= 0.3 is 6.18 Å². The lowest BCUT2D eigenvalue weighted by Crippen LogP contribution is -2.19. The maximum atomic E-state index is 14.5. The van der Waals surface area contributed by atoms with Crippen LogP contribution in [0.3, 0.4) is 0 Å². The molecule has 0 saturated carbocycles. The zero-order valence-corrected chi connectivity index (χ0v) is 20.1. The van der Waals surface area contributed by atoms with E-state index in [0.717, 1.165) is 4.57 Å². The number of carbonyl (C=O) groups is 1. The number of ketones is 1. The number of hydrogen-bond donors (Lipinski definition) is 0. The zero-order chi connectivity index (χ0) is 25.6. The molecule has 5 aromatic rings. The average molecular weight is 552 g/mol. The number of fused-ring (bicyclic) bond motifs is 1. The summed E-state index contributed by atoms with van der Waals surface area (Å²) in [5, 5.41) is 4.38. The highest BCUT2D eigenvalue weighted by atomic mass is 35.5. The van der Waals surface area contributed by atoms with Gasteiger partial charge in [-0.25, -0.2) is 0 Å². The molecule has 0 aliphatic carbocycles. The van der Waals surface area contributed by atoms with Crippen LogP contribution >= 0.6 is 34.8 Å². The smallest absolute Gasteiger partial charge is 0.332 e. The first kappa shape index (κ1) is 24.3. The van der Waals surface area contributed by atoms with E-state index in [-0.39, 0.29) is 33.3 Å². The highest BCUT2D eigenvalue weighted by Gasteiger charge is 2.42. The Morgan fingerprint density at radius 2 is 1.67 bits per heavy atom. The minimum absolute atomic E-state index is 0.0198. The summed E-state index contributed by atoms with van der Waals surface area (Å²) in [4.78, 5) is 21.4. The molecule has 182 valence electrons. The molecular formula is C24H12Cl3F3N4O2. The molecule has 0 aliphatic rings. The lowest BCUT2D eigenvalue weighted by atomic mass is 10.1. The van der Waals surface area contributed by atoms with Crippen LogP contribution in [0.25, 0.3) is 22.3 Å². The summed E-state index contributed by atoms with van der Waals surface area (Å²) in [7, 11) is 0. The molecule has 36 heavy (non-hydrogen) atoms. The number of carbonyl (C=O) groups excluding carboxylic acids is 1. The van der Waals surface area contributed by atoms with Gasteiger partial charge in [0.2, 0.25) is 5.82 Å². The second-order valence-electron chi connectivity index (χ2n) is 7.69. The number of rotatable bonds is 5. The first-order valence-electron chi connectivity index (χ1n) is 10.2. The van der Waals surface area contributed by atoms with Crippen LogP contribution in [0.5, 0.6) is 0 Å². The van der Waals surface area contributed by atoms with E-state index < -0.39 is 29.1 Å². The number of pyridine rings is 1. The van der Waals surface area contributed by atoms with Gasteiger partial charge in [0.15, 0.2) is 0 Å². The quantitative estimate of drug-likeness (QED) is 0.214. The first-order valence-corrected chi connectivity index (χ1v) is 11.4. The predicted molar refractivity (Wildman–Crippen MR) is 128 cm³/mol. The fourth-order valence-corrected chi connectivity index (χ4v) is 4.52. The van der Waals surface area contributed by atoms with E-state index in [1.54, 1.807) is 12.1 Å². The molecule has 0 fully saturated rings. The minimum atomic E-state index is -4.93. The van der Waals surface area contributed by atoms with Crippen molar-refractivity contribution in [3.8, 4) is 11.4 Å². The van der Waals surface area contributed by atoms with Crippen LogP contribution in [0.4, 0.5) is 13.2 Å². The van der Waals surface area contributed by atoms with Crippen molar-refractivity contribution in [3.63, 3.8) is 0 Å². The van der Waals surface area contributed by atoms with Gasteiger partial charge in [0.25, 0.3) is 11.7 Å². The van der Waals surface area contributed by atoms with Crippen LogP contribution in [0.2, 0.25) is 15.1 Å². The summed E-state index contributed by atoms with van der Waals surface area (Å²) in [5.74, 6) is -1.66. The number of hydrogen-bond acceptors (Lipinski definition) is 5. The molecule has 0 spiro atoms. The van der Waals surface area contributed by atoms with Crippen molar-refractivity contribution in [2.45, 2.75) is 12.7 Å². The van der Waals surface area contributed by atoms with Crippen molar-refractivity contribution in [2.24, 2.45) is 0 Å². The minimum Gasteiger partial charge on any atom is -0.332 e. The van der Waals surface area contributed by atoms with E-state index in [9.17, 15) is 18.0 Å². The summed E-state index contributed by atoms with van der Waals surface area (Å²) in [6.45, 7) is -0.289. The summed E-state index contributed by atoms with van der Waals surface area (Å²) in [5.41, 5.74) is -0.883. The standard InChI is InChI=1S/C24H12Cl3F3N4O2/c25-14-3-4-18-16(9-14)19(20(35)23-32-22(33-36-23)12-5-7-31-8-6-12)21(24(28,29)30)34(18)11-13-1-2-15(26)10-17(13)27/h1-10H,11H2. The first-order chi connectivity index (χ1) is 17.1. The summed E-state index contributed by atoms with van der Waals surface area (Å²) in [6.07, 6.45) is -1.97. The van der Waals surface area contributed by atoms with Crippen molar-refractivity contribution < 1.29 is 22.5 Å². The predicted octanol–water partition coefficient (Wildman–Crippen LogP) is 7.34. The van der Waals surface area contributed by atoms with Crippen molar-refractivity contribution in [2.75, 3.05) is 0 Å². The van der Waals surface area contributed by atoms with Crippen molar-refractivity contribution in [1.82, 2.24) is 19.7 Å². The Labute approximate surface area is 216 Å². The molecule has 6 nitrogen and oxygen atoms in total. The third kappa shape index (κ3) is 4.45. The number of aromatic nitrogens is 4. The van der Waals surface area contributed by atoms with Crippen molar-refractivity contribution in [1.29, 1.82) is 0 Å². The third-order valence-electron chi connectivity index (χ3n) is 5.42. The topological polar surface area (TPSA) is 73.8 Å². The molecule has 0 aliphatic heterocycles. The van der Waals surface area contributed by atoms with E-state index in [1.807, 2.05) is 0 Å². The van der Waals surface area contributed by atoms with Gasteiger partial charge in [0.1, 0.15) is 5.69 Å². The van der Waals surface area contributed by atoms with Gasteiger partial charge in [-0.1, -0.05) is 46.0 Å². The molecule has 0 bridgehead atoms. The molecular weight excluding hydrogens is 540 g/mol. The van der Waals surface area contributed by atoms with Gasteiger partial charge in [-0.2, -0.15) is 18.2 Å². The average Bonchev–Trinajstić information content (AvgIpc) is 3.44. The highest BCUT2D eigenvalue weighted by Crippen LogP contribution is 2.41. The molecule has 0 radical (unpaired) electrons. The van der Waals surface area contributed by atoms with Crippen LogP contribution in [-0.4, -0.2) is 25.5 Å². The van der Waals surface area contributed by atoms with Crippen LogP contribution in [-0.2, 0) is 12.7 Å². The lowest BCUT2D eigenvalue weighted by molar-refractivity contribution is -0.143. The summed E-state index contributed by atoms with van der Waals surface area (Å²) < 4.78 is 49.6. The summed E-state index contributed by atoms with van der Waals surface area (Å²) in [6, 6.07) is 11.7. The van der Waals surface area contributed by atoms with Gasteiger partial charge in [0.05, 0.1) is 5.56 Å². The molecule has 0 saturated heterocycles. The van der Waals surface area contributed by atoms with Gasteiger partial charge in [-0.05, 0) is 48.0 Å². The largest absolute Gasteiger partial charge is 0.432 e.